The number of hydrogen-bond acceptors (Lipinski definition) is 4. The Labute approximate surface area is 123 Å². The second kappa shape index (κ2) is 7.31. The summed E-state index contributed by atoms with van der Waals surface area (Å²) < 4.78 is 11.1. The first-order chi connectivity index (χ1) is 10.2. The largest absolute Gasteiger partial charge is 0.467 e. The average Bonchev–Trinajstić information content (AvgIpc) is 2.53. The van der Waals surface area contributed by atoms with Gasteiger partial charge < -0.3 is 20.4 Å². The molecule has 0 atom stereocenters. The molecule has 5 heteroatoms. The van der Waals surface area contributed by atoms with Crippen LogP contribution in [0.5, 0.6) is 5.75 Å². The maximum atomic E-state index is 8.69. The van der Waals surface area contributed by atoms with E-state index in [0.29, 0.717) is 17.9 Å². The first kappa shape index (κ1) is 14.9. The number of nitrogens with zero attached hydrogens (tertiary/aromatic N) is 1. The van der Waals surface area contributed by atoms with Crippen LogP contribution in [0.3, 0.4) is 0 Å². The zero-order valence-electron chi connectivity index (χ0n) is 11.8. The molecule has 0 unspecified atom stereocenters. The molecule has 2 rings (SSSR count). The van der Waals surface area contributed by atoms with Crippen LogP contribution in [0, 0.1) is 6.92 Å². The smallest absolute Gasteiger partial charge is 0.189 e. The topological polar surface area (TPSA) is 77.1 Å². The Morgan fingerprint density at radius 2 is 1.95 bits per heavy atom. The van der Waals surface area contributed by atoms with Crippen LogP contribution in [0.1, 0.15) is 16.7 Å². The molecule has 3 N–H and O–H groups in total. The Kier molecular flexibility index (Phi) is 5.17. The lowest BCUT2D eigenvalue weighted by molar-refractivity contribution is 0.00467. The van der Waals surface area contributed by atoms with E-state index in [1.54, 1.807) is 12.1 Å². The highest BCUT2D eigenvalue weighted by Crippen LogP contribution is 2.19. The van der Waals surface area contributed by atoms with E-state index in [4.69, 9.17) is 20.4 Å². The molecule has 0 aromatic heterocycles. The molecule has 0 bridgehead atoms. The van der Waals surface area contributed by atoms with E-state index in [1.165, 1.54) is 0 Å². The van der Waals surface area contributed by atoms with Crippen molar-refractivity contribution < 1.29 is 14.7 Å². The zero-order valence-corrected chi connectivity index (χ0v) is 11.8. The Balaban J connectivity index is 1.91. The summed E-state index contributed by atoms with van der Waals surface area (Å²) in [6.45, 7) is 2.54. The summed E-state index contributed by atoms with van der Waals surface area (Å²) in [5.74, 6) is 0.692. The fourth-order valence-corrected chi connectivity index (χ4v) is 1.81. The third kappa shape index (κ3) is 4.22. The highest BCUT2D eigenvalue weighted by atomic mass is 16.7. The molecule has 21 heavy (non-hydrogen) atoms. The van der Waals surface area contributed by atoms with E-state index < -0.39 is 0 Å². The van der Waals surface area contributed by atoms with Gasteiger partial charge in [0.1, 0.15) is 5.75 Å². The van der Waals surface area contributed by atoms with Gasteiger partial charge in [-0.05, 0) is 24.1 Å². The van der Waals surface area contributed by atoms with E-state index in [2.05, 4.69) is 5.16 Å². The number of aryl methyl sites for hydroxylation is 1. The molecule has 2 aromatic rings. The van der Waals surface area contributed by atoms with Crippen LogP contribution < -0.4 is 10.5 Å². The van der Waals surface area contributed by atoms with Crippen LogP contribution >= 0.6 is 0 Å². The maximum absolute atomic E-state index is 8.69. The first-order valence-electron chi connectivity index (χ1n) is 6.53. The van der Waals surface area contributed by atoms with E-state index in [-0.39, 0.29) is 12.6 Å². The fraction of sp³-hybridized carbons (Fsp3) is 0.188. The molecule has 5 nitrogen and oxygen atoms in total. The Morgan fingerprint density at radius 1 is 1.19 bits per heavy atom. The molecule has 2 aromatic carbocycles. The standard InChI is InChI=1S/C16H18N2O3/c1-12-7-8-14(16(17)18-19)9-15(12)21-11-20-10-13-5-3-2-4-6-13/h2-9,19H,10-11H2,1H3,(H2,17,18). The quantitative estimate of drug-likeness (QED) is 0.214. The van der Waals surface area contributed by atoms with Crippen LogP contribution in [-0.2, 0) is 11.3 Å². The van der Waals surface area contributed by atoms with Gasteiger partial charge in [0, 0.05) is 5.56 Å². The minimum absolute atomic E-state index is 0.0463. The number of hydrogen-bond donors (Lipinski definition) is 2. The number of oxime groups is 1. The summed E-state index contributed by atoms with van der Waals surface area (Å²) >= 11 is 0. The van der Waals surface area contributed by atoms with Crippen LogP contribution in [0.15, 0.2) is 53.7 Å². The second-order valence-corrected chi connectivity index (χ2v) is 4.56. The molecule has 0 aliphatic carbocycles. The number of nitrogens with two attached hydrogens (primary N) is 1. The summed E-state index contributed by atoms with van der Waals surface area (Å²) in [6.07, 6.45) is 0. The number of benzene rings is 2. The van der Waals surface area contributed by atoms with Gasteiger partial charge in [-0.2, -0.15) is 0 Å². The van der Waals surface area contributed by atoms with E-state index in [1.807, 2.05) is 43.3 Å². The van der Waals surface area contributed by atoms with Gasteiger partial charge in [-0.15, -0.1) is 0 Å². The average molecular weight is 286 g/mol. The molecule has 0 radical (unpaired) electrons. The Hall–Kier alpha value is -2.53. The molecular formula is C16H18N2O3. The summed E-state index contributed by atoms with van der Waals surface area (Å²) in [5.41, 5.74) is 8.19. The van der Waals surface area contributed by atoms with Crippen LogP contribution in [0.2, 0.25) is 0 Å². The third-order valence-corrected chi connectivity index (χ3v) is 3.00. The summed E-state index contributed by atoms with van der Waals surface area (Å²) in [7, 11) is 0. The predicted molar refractivity (Wildman–Crippen MR) is 80.4 cm³/mol. The lowest BCUT2D eigenvalue weighted by atomic mass is 10.1. The second-order valence-electron chi connectivity index (χ2n) is 4.56. The van der Waals surface area contributed by atoms with Gasteiger partial charge in [-0.3, -0.25) is 0 Å². The van der Waals surface area contributed by atoms with Gasteiger partial charge in [0.15, 0.2) is 12.6 Å². The van der Waals surface area contributed by atoms with Crippen molar-refractivity contribution in [1.29, 1.82) is 0 Å². The lowest BCUT2D eigenvalue weighted by Gasteiger charge is -2.11. The predicted octanol–water partition coefficient (Wildman–Crippen LogP) is 2.64. The summed E-state index contributed by atoms with van der Waals surface area (Å²) in [5, 5.41) is 11.7. The van der Waals surface area contributed by atoms with Crippen molar-refractivity contribution in [3.63, 3.8) is 0 Å². The third-order valence-electron chi connectivity index (χ3n) is 3.00. The normalized spacial score (nSPS) is 11.4. The van der Waals surface area contributed by atoms with Crippen molar-refractivity contribution in [1.82, 2.24) is 0 Å². The van der Waals surface area contributed by atoms with Crippen LogP contribution in [0.4, 0.5) is 0 Å². The van der Waals surface area contributed by atoms with Crippen LogP contribution in [0.25, 0.3) is 0 Å². The minimum atomic E-state index is 0.0463. The highest BCUT2D eigenvalue weighted by Gasteiger charge is 2.05. The molecular weight excluding hydrogens is 268 g/mol. The monoisotopic (exact) mass is 286 g/mol. The fourth-order valence-electron chi connectivity index (χ4n) is 1.81. The van der Waals surface area contributed by atoms with Gasteiger partial charge >= 0.3 is 0 Å². The molecule has 0 saturated heterocycles. The summed E-state index contributed by atoms with van der Waals surface area (Å²) in [4.78, 5) is 0. The van der Waals surface area contributed by atoms with Gasteiger partial charge in [-0.25, -0.2) is 0 Å². The molecule has 0 saturated carbocycles. The summed E-state index contributed by atoms with van der Waals surface area (Å²) in [6, 6.07) is 15.2. The molecule has 0 aliphatic rings. The van der Waals surface area contributed by atoms with E-state index >= 15 is 0 Å². The number of rotatable bonds is 6. The van der Waals surface area contributed by atoms with Gasteiger partial charge in [0.05, 0.1) is 6.61 Å². The molecule has 0 amide bonds. The van der Waals surface area contributed by atoms with E-state index in [0.717, 1.165) is 11.1 Å². The van der Waals surface area contributed by atoms with Crippen molar-refractivity contribution in [2.75, 3.05) is 6.79 Å². The maximum Gasteiger partial charge on any atom is 0.189 e. The molecule has 0 spiro atoms. The first-order valence-corrected chi connectivity index (χ1v) is 6.53. The van der Waals surface area contributed by atoms with E-state index in [9.17, 15) is 0 Å². The minimum Gasteiger partial charge on any atom is -0.467 e. The number of ether oxygens (including phenoxy) is 2. The van der Waals surface area contributed by atoms with Crippen LogP contribution in [-0.4, -0.2) is 17.8 Å². The SMILES string of the molecule is Cc1ccc(/C(N)=N/O)cc1OCOCc1ccccc1. The Morgan fingerprint density at radius 3 is 2.67 bits per heavy atom. The van der Waals surface area contributed by atoms with Crippen molar-refractivity contribution >= 4 is 5.84 Å². The van der Waals surface area contributed by atoms with Gasteiger partial charge in [-0.1, -0.05) is 47.6 Å². The highest BCUT2D eigenvalue weighted by molar-refractivity contribution is 5.97. The lowest BCUT2D eigenvalue weighted by Crippen LogP contribution is -2.13. The molecule has 0 heterocycles. The molecule has 0 aliphatic heterocycles. The van der Waals surface area contributed by atoms with Crippen molar-refractivity contribution in [3.05, 3.63) is 65.2 Å². The van der Waals surface area contributed by atoms with Gasteiger partial charge in [0.2, 0.25) is 0 Å². The van der Waals surface area contributed by atoms with Gasteiger partial charge in [0.25, 0.3) is 0 Å². The Bertz CT molecular complexity index is 612. The van der Waals surface area contributed by atoms with Crippen molar-refractivity contribution in [3.8, 4) is 5.75 Å². The number of amidine groups is 1. The molecule has 0 fully saturated rings. The van der Waals surface area contributed by atoms with Crippen molar-refractivity contribution in [2.45, 2.75) is 13.5 Å². The molecule has 110 valence electrons. The zero-order chi connectivity index (χ0) is 15.1. The van der Waals surface area contributed by atoms with Crippen molar-refractivity contribution in [2.24, 2.45) is 10.9 Å².